The predicted octanol–water partition coefficient (Wildman–Crippen LogP) is 3.30. The second-order valence-electron chi connectivity index (χ2n) is 13.1. The Morgan fingerprint density at radius 2 is 1.88 bits per heavy atom. The van der Waals surface area contributed by atoms with Crippen LogP contribution in [-0.2, 0) is 20.8 Å². The van der Waals surface area contributed by atoms with Gasteiger partial charge >= 0.3 is 0 Å². The number of aliphatic hydroxyl groups excluding tert-OH is 2. The van der Waals surface area contributed by atoms with Gasteiger partial charge in [0.2, 0.25) is 11.8 Å². The number of hydrogen-bond acceptors (Lipinski definition) is 8. The monoisotopic (exact) mass is 616 g/mol. The molecular weight excluding hydrogens is 574 g/mol. The molecule has 3 aliphatic carbocycles. The number of halogens is 1. The third-order valence-electron chi connectivity index (χ3n) is 10.5. The number of piperidine rings is 1. The Morgan fingerprint density at radius 1 is 1.21 bits per heavy atom. The van der Waals surface area contributed by atoms with Gasteiger partial charge in [-0.3, -0.25) is 24.2 Å². The Labute approximate surface area is 253 Å². The summed E-state index contributed by atoms with van der Waals surface area (Å²) in [4.78, 5) is 44.3. The number of nitrogens with zero attached hydrogens (tertiary/aromatic N) is 2. The van der Waals surface area contributed by atoms with Crippen LogP contribution in [0.25, 0.3) is 5.76 Å². The third-order valence-corrected chi connectivity index (χ3v) is 12.5. The molecule has 12 heteroatoms. The number of carbonyl (C=O) groups is 3. The number of ketones is 1. The van der Waals surface area contributed by atoms with E-state index in [1.165, 1.54) is 0 Å². The average Bonchev–Trinajstić information content (AvgIpc) is 2.90. The van der Waals surface area contributed by atoms with Gasteiger partial charge in [-0.25, -0.2) is 4.39 Å². The fourth-order valence-electron chi connectivity index (χ4n) is 8.51. The summed E-state index contributed by atoms with van der Waals surface area (Å²) in [6.45, 7) is 6.05. The number of aliphatic hydroxyl groups is 2. The minimum atomic E-state index is -1.22. The molecule has 1 saturated carbocycles. The number of fused-ring (bicyclic) bond motifs is 3. The molecule has 1 aliphatic heterocycles. The van der Waals surface area contributed by atoms with Gasteiger partial charge < -0.3 is 26.4 Å². The van der Waals surface area contributed by atoms with E-state index < -0.39 is 63.5 Å². The number of phenols is 1. The summed E-state index contributed by atoms with van der Waals surface area (Å²) in [6.07, 6.45) is 2.83. The highest BCUT2D eigenvalue weighted by Crippen LogP contribution is 2.65. The molecule has 1 saturated heterocycles. The number of rotatable bonds is 5. The number of likely N-dealkylation sites (tertiary alicyclic amines) is 1. The Hall–Kier alpha value is -3.01. The second-order valence-corrected chi connectivity index (χ2v) is 14.4. The molecule has 234 valence electrons. The summed E-state index contributed by atoms with van der Waals surface area (Å²) >= 11 is 0. The molecule has 0 aromatic heterocycles. The molecule has 4 aliphatic rings. The summed E-state index contributed by atoms with van der Waals surface area (Å²) in [6, 6.07) is -0.0750. The van der Waals surface area contributed by atoms with Crippen molar-refractivity contribution in [2.24, 2.45) is 23.0 Å². The fourth-order valence-corrected chi connectivity index (χ4v) is 10.3. The molecule has 1 aromatic carbocycles. The number of likely N-dealkylation sites (N-methyl/N-ethyl adjacent to an activating group) is 2. The summed E-state index contributed by atoms with van der Waals surface area (Å²) < 4.78 is 15.7. The van der Waals surface area contributed by atoms with Crippen LogP contribution in [0.5, 0.6) is 5.75 Å². The molecule has 2 fully saturated rings. The van der Waals surface area contributed by atoms with Gasteiger partial charge in [-0.1, -0.05) is 20.3 Å². The van der Waals surface area contributed by atoms with Gasteiger partial charge in [-0.05, 0) is 71.9 Å². The molecule has 0 spiro atoms. The van der Waals surface area contributed by atoms with Crippen molar-refractivity contribution in [1.82, 2.24) is 9.80 Å². The number of anilines is 1. The number of allylic oxidation sites excluding steroid dienone is 1. The maximum Gasteiger partial charge on any atom is 0.248 e. The Morgan fingerprint density at radius 3 is 2.47 bits per heavy atom. The van der Waals surface area contributed by atoms with E-state index in [0.29, 0.717) is 12.8 Å². The molecule has 43 heavy (non-hydrogen) atoms. The van der Waals surface area contributed by atoms with E-state index >= 15 is 4.39 Å². The molecular formula is C31H42FN4O6P. The zero-order valence-corrected chi connectivity index (χ0v) is 26.5. The first-order valence-corrected chi connectivity index (χ1v) is 16.2. The maximum absolute atomic E-state index is 15.7. The van der Waals surface area contributed by atoms with Crippen molar-refractivity contribution in [3.05, 3.63) is 39.9 Å². The van der Waals surface area contributed by atoms with Crippen molar-refractivity contribution in [3.63, 3.8) is 0 Å². The maximum atomic E-state index is 15.7. The van der Waals surface area contributed by atoms with Crippen LogP contribution < -0.4 is 11.1 Å². The predicted molar refractivity (Wildman–Crippen MR) is 164 cm³/mol. The number of Topliss-reactive ketones (excluding diaryl/α,β-unsaturated/α-hetero) is 1. The minimum absolute atomic E-state index is 0.0218. The average molecular weight is 617 g/mol. The van der Waals surface area contributed by atoms with Crippen molar-refractivity contribution < 1.29 is 34.1 Å². The highest BCUT2D eigenvalue weighted by atomic mass is 31.1. The number of benzene rings is 1. The molecule has 5 rings (SSSR count). The number of nitrogens with one attached hydrogen (secondary N) is 1. The summed E-state index contributed by atoms with van der Waals surface area (Å²) in [5, 5.41) is 35.8. The van der Waals surface area contributed by atoms with Gasteiger partial charge in [-0.2, -0.15) is 0 Å². The van der Waals surface area contributed by atoms with Gasteiger partial charge in [-0.15, -0.1) is 8.58 Å². The van der Waals surface area contributed by atoms with E-state index in [1.807, 2.05) is 18.6 Å². The van der Waals surface area contributed by atoms with Crippen LogP contribution in [-0.4, -0.2) is 94.3 Å². The van der Waals surface area contributed by atoms with Gasteiger partial charge in [0.25, 0.3) is 0 Å². The number of phenolic OH excluding ortho intramolecular Hbond substituents is 1. The largest absolute Gasteiger partial charge is 0.510 e. The molecule has 1 aromatic rings. The van der Waals surface area contributed by atoms with Crippen LogP contribution in [0.3, 0.4) is 0 Å². The molecule has 1 heterocycles. The first-order valence-electron chi connectivity index (χ1n) is 14.7. The minimum Gasteiger partial charge on any atom is -0.510 e. The van der Waals surface area contributed by atoms with Gasteiger partial charge in [0.15, 0.2) is 11.5 Å². The number of hydrogen-bond donors (Lipinski definition) is 5. The van der Waals surface area contributed by atoms with Crippen molar-refractivity contribution in [2.75, 3.05) is 39.7 Å². The smallest absolute Gasteiger partial charge is 0.248 e. The van der Waals surface area contributed by atoms with E-state index in [-0.39, 0.29) is 54.6 Å². The summed E-state index contributed by atoms with van der Waals surface area (Å²) in [5.74, 6) is -4.58. The van der Waals surface area contributed by atoms with Gasteiger partial charge in [0.05, 0.1) is 34.1 Å². The Kier molecular flexibility index (Phi) is 7.93. The Bertz CT molecular complexity index is 1470. The standard InChI is InChI=1S/C31H42FN4O6P/c1-30(2)22(28(33)41)26(39)23(35(3)4)16-12-14-11-15-17(32)13-18(34-29(42)19-9-7-8-10-36(19)5)24(37)21(15)25(38)20(14)27(40)31(16,30)43-6/h13-14,16,19,23,37-39,43H,7-12H2,1-6H3,(H2,33,41)(H,34,42)/t14-,16-,19-,23-,31-/m0/s1. The van der Waals surface area contributed by atoms with Crippen LogP contribution in [0.2, 0.25) is 0 Å². The number of primary amides is 1. The molecule has 0 radical (unpaired) electrons. The first-order chi connectivity index (χ1) is 20.1. The summed E-state index contributed by atoms with van der Waals surface area (Å²) in [5.41, 5.74) is 4.33. The molecule has 6 atom stereocenters. The second kappa shape index (κ2) is 10.9. The fraction of sp³-hybridized carbons (Fsp3) is 0.581. The lowest BCUT2D eigenvalue weighted by atomic mass is 9.51. The van der Waals surface area contributed by atoms with Crippen LogP contribution in [0.1, 0.15) is 50.7 Å². The number of aromatic hydroxyl groups is 1. The van der Waals surface area contributed by atoms with E-state index in [2.05, 4.69) is 5.32 Å². The molecule has 6 N–H and O–H groups in total. The lowest BCUT2D eigenvalue weighted by molar-refractivity contribution is -0.128. The van der Waals surface area contributed by atoms with Crippen LogP contribution in [0.4, 0.5) is 10.1 Å². The quantitative estimate of drug-likeness (QED) is 0.249. The van der Waals surface area contributed by atoms with E-state index in [0.717, 1.165) is 25.5 Å². The van der Waals surface area contributed by atoms with Crippen molar-refractivity contribution in [1.29, 1.82) is 0 Å². The number of carbonyl (C=O) groups excluding carboxylic acids is 3. The third kappa shape index (κ3) is 4.41. The van der Waals surface area contributed by atoms with E-state index in [1.54, 1.807) is 32.8 Å². The molecule has 10 nitrogen and oxygen atoms in total. The Balaban J connectivity index is 1.65. The number of amides is 2. The lowest BCUT2D eigenvalue weighted by Gasteiger charge is -2.60. The van der Waals surface area contributed by atoms with E-state index in [4.69, 9.17) is 5.73 Å². The van der Waals surface area contributed by atoms with Crippen molar-refractivity contribution in [3.8, 4) is 5.75 Å². The van der Waals surface area contributed by atoms with Crippen molar-refractivity contribution >= 4 is 37.6 Å². The van der Waals surface area contributed by atoms with Crippen LogP contribution >= 0.6 is 8.58 Å². The molecule has 2 amide bonds. The zero-order chi connectivity index (χ0) is 31.8. The highest BCUT2D eigenvalue weighted by Gasteiger charge is 2.67. The first kappa shape index (κ1) is 31.4. The van der Waals surface area contributed by atoms with Crippen LogP contribution in [0, 0.1) is 23.1 Å². The summed E-state index contributed by atoms with van der Waals surface area (Å²) in [7, 11) is 5.30. The SMILES string of the molecule is CP[C@]12C(=O)C3=C(O)c4c(O)c(NC(=O)[C@@H]5CCCCN5C)cc(F)c4C[C@H]3C[C@H]1[C@H](N(C)C)C(O)=C(C(N)=O)C2(C)C. The van der Waals surface area contributed by atoms with E-state index in [9.17, 15) is 29.7 Å². The van der Waals surface area contributed by atoms with Gasteiger partial charge in [0.1, 0.15) is 17.3 Å². The zero-order valence-electron chi connectivity index (χ0n) is 25.5. The normalized spacial score (nSPS) is 30.8. The van der Waals surface area contributed by atoms with Gasteiger partial charge in [0, 0.05) is 22.6 Å². The molecule has 0 bridgehead atoms. The molecule has 1 unspecified atom stereocenters. The topological polar surface area (TPSA) is 156 Å². The lowest BCUT2D eigenvalue weighted by Crippen LogP contribution is -2.67. The number of nitrogens with two attached hydrogens (primary N) is 1. The highest BCUT2D eigenvalue weighted by molar-refractivity contribution is 7.40. The van der Waals surface area contributed by atoms with Crippen molar-refractivity contribution in [2.45, 2.75) is 63.2 Å². The van der Waals surface area contributed by atoms with Crippen LogP contribution in [0.15, 0.2) is 23.0 Å².